The fourth-order valence-corrected chi connectivity index (χ4v) is 2.74. The topological polar surface area (TPSA) is 53.9 Å². The van der Waals surface area contributed by atoms with Gasteiger partial charge in [0, 0.05) is 18.3 Å². The van der Waals surface area contributed by atoms with Crippen molar-refractivity contribution in [1.29, 1.82) is 0 Å². The Labute approximate surface area is 125 Å². The molecule has 5 heteroatoms. The molecule has 0 aliphatic carbocycles. The first-order valence-electron chi connectivity index (χ1n) is 7.60. The van der Waals surface area contributed by atoms with E-state index in [-0.39, 0.29) is 0 Å². The number of fused-ring (bicyclic) bond motifs is 1. The lowest BCUT2D eigenvalue weighted by Crippen LogP contribution is -2.26. The first-order chi connectivity index (χ1) is 10.3. The van der Waals surface area contributed by atoms with Crippen LogP contribution < -0.4 is 10.2 Å². The van der Waals surface area contributed by atoms with Crippen LogP contribution in [-0.4, -0.2) is 27.8 Å². The minimum absolute atomic E-state index is 0.357. The normalized spacial score (nSPS) is 16.9. The smallest absolute Gasteiger partial charge is 0.252 e. The number of unbranched alkanes of at least 4 members (excludes halogenated alkanes) is 1. The third-order valence-electron chi connectivity index (χ3n) is 3.81. The highest BCUT2D eigenvalue weighted by atomic mass is 15.4. The zero-order valence-electron chi connectivity index (χ0n) is 12.6. The predicted octanol–water partition coefficient (Wildman–Crippen LogP) is 3.17. The predicted molar refractivity (Wildman–Crippen MR) is 85.0 cm³/mol. The Kier molecular flexibility index (Phi) is 3.99. The van der Waals surface area contributed by atoms with Crippen LogP contribution in [0.2, 0.25) is 0 Å². The van der Waals surface area contributed by atoms with Crippen molar-refractivity contribution in [1.82, 2.24) is 15.2 Å². The zero-order chi connectivity index (χ0) is 14.7. The van der Waals surface area contributed by atoms with Gasteiger partial charge in [-0.25, -0.2) is 0 Å². The minimum Gasteiger partial charge on any atom is -0.369 e. The fourth-order valence-electron chi connectivity index (χ4n) is 2.74. The van der Waals surface area contributed by atoms with Gasteiger partial charge in [-0.3, -0.25) is 0 Å². The number of benzene rings is 1. The Morgan fingerprint density at radius 2 is 2.19 bits per heavy atom. The molecule has 110 valence electrons. The molecule has 1 aliphatic rings. The van der Waals surface area contributed by atoms with Gasteiger partial charge in [-0.1, -0.05) is 31.5 Å². The van der Waals surface area contributed by atoms with Crippen molar-refractivity contribution in [3.8, 4) is 0 Å². The summed E-state index contributed by atoms with van der Waals surface area (Å²) >= 11 is 0. The van der Waals surface area contributed by atoms with Gasteiger partial charge in [0.1, 0.15) is 0 Å². The molecule has 1 N–H and O–H groups in total. The summed E-state index contributed by atoms with van der Waals surface area (Å²) in [6.07, 6.45) is 5.00. The Morgan fingerprint density at radius 3 is 3.05 bits per heavy atom. The number of aromatic nitrogens is 3. The second kappa shape index (κ2) is 6.08. The lowest BCUT2D eigenvalue weighted by atomic mass is 10.1. The van der Waals surface area contributed by atoms with Gasteiger partial charge in [-0.2, -0.15) is 10.1 Å². The van der Waals surface area contributed by atoms with E-state index in [0.717, 1.165) is 31.6 Å². The van der Waals surface area contributed by atoms with Crippen LogP contribution in [0.15, 0.2) is 30.5 Å². The molecule has 2 heterocycles. The van der Waals surface area contributed by atoms with Crippen molar-refractivity contribution in [2.45, 2.75) is 39.2 Å². The van der Waals surface area contributed by atoms with E-state index in [2.05, 4.69) is 63.5 Å². The molecule has 0 amide bonds. The standard InChI is InChI=1S/C16H21N5/c1-3-4-9-17-15-11-18-20-16(19-15)21-12(2)10-13-7-5-6-8-14(13)21/h5-8,11-12H,3-4,9-10H2,1-2H3,(H,17,19,20). The third-order valence-corrected chi connectivity index (χ3v) is 3.81. The van der Waals surface area contributed by atoms with Crippen molar-refractivity contribution in [2.24, 2.45) is 0 Å². The van der Waals surface area contributed by atoms with E-state index in [4.69, 9.17) is 0 Å². The van der Waals surface area contributed by atoms with Gasteiger partial charge < -0.3 is 10.2 Å². The monoisotopic (exact) mass is 283 g/mol. The summed E-state index contributed by atoms with van der Waals surface area (Å²) in [6, 6.07) is 8.79. The molecule has 21 heavy (non-hydrogen) atoms. The van der Waals surface area contributed by atoms with Crippen LogP contribution in [0.3, 0.4) is 0 Å². The summed E-state index contributed by atoms with van der Waals surface area (Å²) in [7, 11) is 0. The van der Waals surface area contributed by atoms with E-state index in [0.29, 0.717) is 12.0 Å². The van der Waals surface area contributed by atoms with Crippen molar-refractivity contribution in [3.63, 3.8) is 0 Å². The Hall–Kier alpha value is -2.17. The van der Waals surface area contributed by atoms with E-state index >= 15 is 0 Å². The van der Waals surface area contributed by atoms with Crippen LogP contribution in [0.4, 0.5) is 17.5 Å². The second-order valence-corrected chi connectivity index (χ2v) is 5.47. The molecule has 1 atom stereocenters. The zero-order valence-corrected chi connectivity index (χ0v) is 12.6. The molecule has 5 nitrogen and oxygen atoms in total. The molecular formula is C16H21N5. The van der Waals surface area contributed by atoms with Gasteiger partial charge in [-0.05, 0) is 31.4 Å². The molecule has 0 saturated carbocycles. The van der Waals surface area contributed by atoms with Crippen molar-refractivity contribution in [3.05, 3.63) is 36.0 Å². The molecular weight excluding hydrogens is 262 g/mol. The van der Waals surface area contributed by atoms with E-state index in [1.165, 1.54) is 11.3 Å². The van der Waals surface area contributed by atoms with Crippen LogP contribution >= 0.6 is 0 Å². The highest BCUT2D eigenvalue weighted by molar-refractivity contribution is 5.67. The minimum atomic E-state index is 0.357. The van der Waals surface area contributed by atoms with Gasteiger partial charge in [0.25, 0.3) is 5.95 Å². The molecule has 1 aromatic carbocycles. The summed E-state index contributed by atoms with van der Waals surface area (Å²) in [5.74, 6) is 1.47. The van der Waals surface area contributed by atoms with Crippen LogP contribution in [0, 0.1) is 0 Å². The molecule has 0 radical (unpaired) electrons. The summed E-state index contributed by atoms with van der Waals surface area (Å²) in [4.78, 5) is 6.79. The van der Waals surface area contributed by atoms with Crippen LogP contribution in [0.5, 0.6) is 0 Å². The number of anilines is 3. The van der Waals surface area contributed by atoms with Gasteiger partial charge >= 0.3 is 0 Å². The lowest BCUT2D eigenvalue weighted by molar-refractivity contribution is 0.729. The van der Waals surface area contributed by atoms with E-state index in [1.54, 1.807) is 6.20 Å². The van der Waals surface area contributed by atoms with Crippen LogP contribution in [-0.2, 0) is 6.42 Å². The number of hydrogen-bond donors (Lipinski definition) is 1. The molecule has 2 aromatic rings. The fraction of sp³-hybridized carbons (Fsp3) is 0.438. The average molecular weight is 283 g/mol. The largest absolute Gasteiger partial charge is 0.369 e. The quantitative estimate of drug-likeness (QED) is 0.854. The molecule has 1 unspecified atom stereocenters. The molecule has 1 aliphatic heterocycles. The van der Waals surface area contributed by atoms with Crippen LogP contribution in [0.25, 0.3) is 0 Å². The maximum Gasteiger partial charge on any atom is 0.252 e. The van der Waals surface area contributed by atoms with Gasteiger partial charge in [0.15, 0.2) is 5.82 Å². The number of rotatable bonds is 5. The van der Waals surface area contributed by atoms with Gasteiger partial charge in [-0.15, -0.1) is 5.10 Å². The molecule has 0 saturated heterocycles. The summed E-state index contributed by atoms with van der Waals surface area (Å²) in [6.45, 7) is 5.29. The molecule has 1 aromatic heterocycles. The number of nitrogens with one attached hydrogen (secondary N) is 1. The molecule has 0 spiro atoms. The first-order valence-corrected chi connectivity index (χ1v) is 7.60. The van der Waals surface area contributed by atoms with Crippen molar-refractivity contribution >= 4 is 17.5 Å². The van der Waals surface area contributed by atoms with E-state index in [1.807, 2.05) is 0 Å². The highest BCUT2D eigenvalue weighted by Crippen LogP contribution is 2.36. The van der Waals surface area contributed by atoms with Crippen LogP contribution in [0.1, 0.15) is 32.3 Å². The lowest BCUT2D eigenvalue weighted by Gasteiger charge is -2.22. The number of hydrogen-bond acceptors (Lipinski definition) is 5. The number of para-hydroxylation sites is 1. The highest BCUT2D eigenvalue weighted by Gasteiger charge is 2.28. The second-order valence-electron chi connectivity index (χ2n) is 5.47. The molecule has 3 rings (SSSR count). The molecule has 0 fully saturated rings. The Balaban J connectivity index is 1.85. The van der Waals surface area contributed by atoms with E-state index in [9.17, 15) is 0 Å². The van der Waals surface area contributed by atoms with Gasteiger partial charge in [0.2, 0.25) is 0 Å². The maximum atomic E-state index is 4.62. The van der Waals surface area contributed by atoms with Crippen molar-refractivity contribution in [2.75, 3.05) is 16.8 Å². The first kappa shape index (κ1) is 13.8. The SMILES string of the molecule is CCCCNc1cnnc(N2c3ccccc3CC2C)n1. The average Bonchev–Trinajstić information content (AvgIpc) is 2.83. The van der Waals surface area contributed by atoms with Gasteiger partial charge in [0.05, 0.1) is 6.20 Å². The van der Waals surface area contributed by atoms with E-state index < -0.39 is 0 Å². The summed E-state index contributed by atoms with van der Waals surface area (Å²) in [5, 5.41) is 11.6. The maximum absolute atomic E-state index is 4.62. The summed E-state index contributed by atoms with van der Waals surface area (Å²) in [5.41, 5.74) is 2.54. The molecule has 0 bridgehead atoms. The Morgan fingerprint density at radius 1 is 1.33 bits per heavy atom. The third kappa shape index (κ3) is 2.82. The Bertz CT molecular complexity index is 613. The number of nitrogens with zero attached hydrogens (tertiary/aromatic N) is 4. The van der Waals surface area contributed by atoms with Crippen molar-refractivity contribution < 1.29 is 0 Å². The summed E-state index contributed by atoms with van der Waals surface area (Å²) < 4.78 is 0.